The summed E-state index contributed by atoms with van der Waals surface area (Å²) >= 11 is 0. The number of aryl methyl sites for hydroxylation is 2. The standard InChI is InChI=1S/C17H15N3O/c1-10-14-4-3-13(9-12(14)5-7-19-10)16-11(2)20-8-6-15(16)17(18)21/h3-9H,1-2H3,(H2,18,21). The summed E-state index contributed by atoms with van der Waals surface area (Å²) in [4.78, 5) is 20.2. The fourth-order valence-electron chi connectivity index (χ4n) is 2.62. The predicted molar refractivity (Wildman–Crippen MR) is 83.0 cm³/mol. The first-order valence-electron chi connectivity index (χ1n) is 6.69. The average molecular weight is 277 g/mol. The first kappa shape index (κ1) is 13.2. The molecule has 0 fully saturated rings. The molecule has 0 radical (unpaired) electrons. The van der Waals surface area contributed by atoms with Gasteiger partial charge < -0.3 is 5.73 Å². The number of carbonyl (C=O) groups excluding carboxylic acids is 1. The summed E-state index contributed by atoms with van der Waals surface area (Å²) < 4.78 is 0. The van der Waals surface area contributed by atoms with Gasteiger partial charge in [-0.05, 0) is 43.0 Å². The van der Waals surface area contributed by atoms with E-state index in [1.165, 1.54) is 0 Å². The molecule has 2 heterocycles. The van der Waals surface area contributed by atoms with Crippen LogP contribution in [0.25, 0.3) is 21.9 Å². The van der Waals surface area contributed by atoms with Crippen LogP contribution >= 0.6 is 0 Å². The molecule has 0 aliphatic heterocycles. The quantitative estimate of drug-likeness (QED) is 0.782. The number of hydrogen-bond donors (Lipinski definition) is 1. The summed E-state index contributed by atoms with van der Waals surface area (Å²) in [5.41, 5.74) is 9.48. The van der Waals surface area contributed by atoms with Crippen molar-refractivity contribution in [2.75, 3.05) is 0 Å². The molecule has 3 rings (SSSR count). The van der Waals surface area contributed by atoms with Gasteiger partial charge in [0.15, 0.2) is 0 Å². The maximum atomic E-state index is 11.6. The molecule has 3 aromatic rings. The van der Waals surface area contributed by atoms with Gasteiger partial charge in [0.1, 0.15) is 0 Å². The van der Waals surface area contributed by atoms with Crippen LogP contribution in [0.2, 0.25) is 0 Å². The van der Waals surface area contributed by atoms with Crippen molar-refractivity contribution in [2.45, 2.75) is 13.8 Å². The van der Waals surface area contributed by atoms with E-state index in [9.17, 15) is 4.79 Å². The van der Waals surface area contributed by atoms with Crippen molar-refractivity contribution >= 4 is 16.7 Å². The zero-order valence-electron chi connectivity index (χ0n) is 11.9. The fraction of sp³-hybridized carbons (Fsp3) is 0.118. The topological polar surface area (TPSA) is 68.9 Å². The number of primary amides is 1. The molecule has 0 aliphatic carbocycles. The van der Waals surface area contributed by atoms with Crippen LogP contribution in [-0.4, -0.2) is 15.9 Å². The number of carbonyl (C=O) groups is 1. The van der Waals surface area contributed by atoms with Gasteiger partial charge in [-0.25, -0.2) is 0 Å². The summed E-state index contributed by atoms with van der Waals surface area (Å²) in [7, 11) is 0. The third kappa shape index (κ3) is 2.25. The van der Waals surface area contributed by atoms with Gasteiger partial charge in [-0.2, -0.15) is 0 Å². The Labute approximate surface area is 122 Å². The van der Waals surface area contributed by atoms with Gasteiger partial charge in [0.2, 0.25) is 5.91 Å². The van der Waals surface area contributed by atoms with Crippen LogP contribution in [-0.2, 0) is 0 Å². The highest BCUT2D eigenvalue weighted by molar-refractivity contribution is 6.01. The second-order valence-corrected chi connectivity index (χ2v) is 5.02. The van der Waals surface area contributed by atoms with E-state index < -0.39 is 5.91 Å². The highest BCUT2D eigenvalue weighted by Gasteiger charge is 2.14. The molecule has 4 heteroatoms. The number of benzene rings is 1. The third-order valence-electron chi connectivity index (χ3n) is 3.66. The van der Waals surface area contributed by atoms with Crippen LogP contribution in [0, 0.1) is 13.8 Å². The van der Waals surface area contributed by atoms with E-state index in [4.69, 9.17) is 5.73 Å². The second-order valence-electron chi connectivity index (χ2n) is 5.02. The minimum Gasteiger partial charge on any atom is -0.366 e. The number of rotatable bonds is 2. The van der Waals surface area contributed by atoms with Crippen molar-refractivity contribution in [2.24, 2.45) is 5.73 Å². The Morgan fingerprint density at radius 1 is 1.00 bits per heavy atom. The third-order valence-corrected chi connectivity index (χ3v) is 3.66. The Hall–Kier alpha value is -2.75. The second kappa shape index (κ2) is 4.98. The van der Waals surface area contributed by atoms with Gasteiger partial charge in [-0.15, -0.1) is 0 Å². The van der Waals surface area contributed by atoms with E-state index >= 15 is 0 Å². The van der Waals surface area contributed by atoms with E-state index in [0.29, 0.717) is 5.56 Å². The molecular formula is C17H15N3O. The van der Waals surface area contributed by atoms with Crippen molar-refractivity contribution in [3.05, 3.63) is 59.7 Å². The zero-order valence-corrected chi connectivity index (χ0v) is 11.9. The highest BCUT2D eigenvalue weighted by Crippen LogP contribution is 2.29. The predicted octanol–water partition coefficient (Wildman–Crippen LogP) is 3.01. The number of nitrogens with zero attached hydrogens (tertiary/aromatic N) is 2. The smallest absolute Gasteiger partial charge is 0.249 e. The molecule has 0 unspecified atom stereocenters. The molecule has 0 saturated carbocycles. The molecule has 0 bridgehead atoms. The fourth-order valence-corrected chi connectivity index (χ4v) is 2.62. The summed E-state index contributed by atoms with van der Waals surface area (Å²) in [6.45, 7) is 3.86. The van der Waals surface area contributed by atoms with Gasteiger partial charge in [0.05, 0.1) is 5.56 Å². The molecule has 2 aromatic heterocycles. The molecule has 0 atom stereocenters. The SMILES string of the molecule is Cc1nccc(C(N)=O)c1-c1ccc2c(C)nccc2c1. The van der Waals surface area contributed by atoms with Crippen LogP contribution in [0.5, 0.6) is 0 Å². The lowest BCUT2D eigenvalue weighted by atomic mass is 9.96. The Morgan fingerprint density at radius 3 is 2.48 bits per heavy atom. The van der Waals surface area contributed by atoms with Crippen LogP contribution < -0.4 is 5.73 Å². The Bertz CT molecular complexity index is 856. The molecule has 2 N–H and O–H groups in total. The molecule has 0 spiro atoms. The lowest BCUT2D eigenvalue weighted by Gasteiger charge is -2.11. The summed E-state index contributed by atoms with van der Waals surface area (Å²) in [6.07, 6.45) is 3.39. The Balaban J connectivity index is 2.29. The van der Waals surface area contributed by atoms with Crippen LogP contribution in [0.15, 0.2) is 42.7 Å². The molecule has 21 heavy (non-hydrogen) atoms. The summed E-state index contributed by atoms with van der Waals surface area (Å²) in [6, 6.07) is 9.66. The first-order valence-corrected chi connectivity index (χ1v) is 6.69. The van der Waals surface area contributed by atoms with Gasteiger partial charge in [-0.1, -0.05) is 12.1 Å². The van der Waals surface area contributed by atoms with Gasteiger partial charge in [0.25, 0.3) is 0 Å². The number of hydrogen-bond acceptors (Lipinski definition) is 3. The number of fused-ring (bicyclic) bond motifs is 1. The largest absolute Gasteiger partial charge is 0.366 e. The summed E-state index contributed by atoms with van der Waals surface area (Å²) in [5.74, 6) is -0.443. The molecular weight excluding hydrogens is 262 g/mol. The Morgan fingerprint density at radius 2 is 1.71 bits per heavy atom. The van der Waals surface area contributed by atoms with E-state index in [1.54, 1.807) is 18.5 Å². The van der Waals surface area contributed by atoms with Crippen molar-refractivity contribution < 1.29 is 4.79 Å². The van der Waals surface area contributed by atoms with Crippen LogP contribution in [0.1, 0.15) is 21.7 Å². The minimum atomic E-state index is -0.443. The van der Waals surface area contributed by atoms with E-state index in [0.717, 1.165) is 33.3 Å². The van der Waals surface area contributed by atoms with Crippen molar-refractivity contribution in [3.8, 4) is 11.1 Å². The molecule has 0 saturated heterocycles. The van der Waals surface area contributed by atoms with E-state index in [-0.39, 0.29) is 0 Å². The molecule has 1 aromatic carbocycles. The van der Waals surface area contributed by atoms with Crippen molar-refractivity contribution in [1.29, 1.82) is 0 Å². The number of aromatic nitrogens is 2. The number of pyridine rings is 2. The van der Waals surface area contributed by atoms with Gasteiger partial charge in [0, 0.05) is 34.7 Å². The monoisotopic (exact) mass is 277 g/mol. The number of amides is 1. The minimum absolute atomic E-state index is 0.443. The average Bonchev–Trinajstić information content (AvgIpc) is 2.46. The molecule has 0 aliphatic rings. The van der Waals surface area contributed by atoms with Crippen LogP contribution in [0.4, 0.5) is 0 Å². The van der Waals surface area contributed by atoms with Crippen LogP contribution in [0.3, 0.4) is 0 Å². The molecule has 4 nitrogen and oxygen atoms in total. The zero-order chi connectivity index (χ0) is 15.0. The maximum absolute atomic E-state index is 11.6. The van der Waals surface area contributed by atoms with Gasteiger partial charge in [-0.3, -0.25) is 14.8 Å². The molecule has 1 amide bonds. The van der Waals surface area contributed by atoms with E-state index in [1.807, 2.05) is 38.1 Å². The molecule has 104 valence electrons. The highest BCUT2D eigenvalue weighted by atomic mass is 16.1. The summed E-state index contributed by atoms with van der Waals surface area (Å²) in [5, 5.41) is 2.18. The normalized spacial score (nSPS) is 10.8. The Kier molecular flexibility index (Phi) is 3.14. The lowest BCUT2D eigenvalue weighted by molar-refractivity contribution is 0.100. The maximum Gasteiger partial charge on any atom is 0.249 e. The van der Waals surface area contributed by atoms with E-state index in [2.05, 4.69) is 9.97 Å². The number of nitrogens with two attached hydrogens (primary N) is 1. The van der Waals surface area contributed by atoms with Crippen molar-refractivity contribution in [1.82, 2.24) is 9.97 Å². The lowest BCUT2D eigenvalue weighted by Crippen LogP contribution is -2.13. The first-order chi connectivity index (χ1) is 10.1. The van der Waals surface area contributed by atoms with Crippen molar-refractivity contribution in [3.63, 3.8) is 0 Å². The van der Waals surface area contributed by atoms with Gasteiger partial charge >= 0.3 is 0 Å².